The second kappa shape index (κ2) is 6.60. The van der Waals surface area contributed by atoms with Crippen LogP contribution in [0.25, 0.3) is 17.0 Å². The lowest BCUT2D eigenvalue weighted by Gasteiger charge is -1.99. The Hall–Kier alpha value is -3.41. The fourth-order valence-electron chi connectivity index (χ4n) is 2.50. The maximum Gasteiger partial charge on any atom is 0.272 e. The molecule has 0 N–H and O–H groups in total. The van der Waals surface area contributed by atoms with Crippen molar-refractivity contribution in [2.45, 2.75) is 6.92 Å². The minimum absolute atomic E-state index is 0.0167. The van der Waals surface area contributed by atoms with Gasteiger partial charge in [0.2, 0.25) is 5.78 Å². The van der Waals surface area contributed by atoms with Crippen LogP contribution >= 0.6 is 0 Å². The first-order valence-electron chi connectivity index (χ1n) is 7.53. The van der Waals surface area contributed by atoms with E-state index in [1.165, 1.54) is 25.3 Å². The van der Waals surface area contributed by atoms with Gasteiger partial charge in [0, 0.05) is 17.0 Å². The Labute approximate surface area is 143 Å². The summed E-state index contributed by atoms with van der Waals surface area (Å²) in [5.74, 6) is 0.397. The number of nitrogens with zero attached hydrogens (tertiary/aromatic N) is 1. The molecule has 0 spiro atoms. The molecule has 0 aliphatic heterocycles. The van der Waals surface area contributed by atoms with Crippen molar-refractivity contribution in [3.8, 4) is 5.75 Å². The molecular formula is C19H15NO5. The minimum Gasteiger partial charge on any atom is -0.493 e. The quantitative estimate of drug-likeness (QED) is 0.295. The highest BCUT2D eigenvalue weighted by Gasteiger charge is 2.13. The number of aryl methyl sites for hydroxylation is 1. The zero-order valence-corrected chi connectivity index (χ0v) is 13.7. The van der Waals surface area contributed by atoms with Crippen LogP contribution in [-0.2, 0) is 0 Å². The van der Waals surface area contributed by atoms with Crippen LogP contribution in [0.3, 0.4) is 0 Å². The van der Waals surface area contributed by atoms with E-state index in [1.807, 2.05) is 12.1 Å². The van der Waals surface area contributed by atoms with Gasteiger partial charge in [-0.3, -0.25) is 14.9 Å². The number of para-hydroxylation sites is 1. The van der Waals surface area contributed by atoms with Crippen molar-refractivity contribution in [1.82, 2.24) is 0 Å². The average Bonchev–Trinajstić information content (AvgIpc) is 3.04. The van der Waals surface area contributed by atoms with Crippen molar-refractivity contribution in [3.63, 3.8) is 0 Å². The normalized spacial score (nSPS) is 11.1. The molecule has 0 saturated heterocycles. The number of fused-ring (bicyclic) bond motifs is 1. The summed E-state index contributed by atoms with van der Waals surface area (Å²) in [6, 6.07) is 11.8. The van der Waals surface area contributed by atoms with Crippen LogP contribution in [0.5, 0.6) is 5.75 Å². The molecule has 0 bridgehead atoms. The summed E-state index contributed by atoms with van der Waals surface area (Å²) >= 11 is 0. The van der Waals surface area contributed by atoms with Crippen LogP contribution in [0, 0.1) is 17.0 Å². The first kappa shape index (κ1) is 16.4. The highest BCUT2D eigenvalue weighted by Crippen LogP contribution is 2.29. The third-order valence-corrected chi connectivity index (χ3v) is 3.83. The highest BCUT2D eigenvalue weighted by atomic mass is 16.6. The predicted octanol–water partition coefficient (Wildman–Crippen LogP) is 4.55. The zero-order chi connectivity index (χ0) is 18.0. The zero-order valence-electron chi connectivity index (χ0n) is 13.7. The summed E-state index contributed by atoms with van der Waals surface area (Å²) < 4.78 is 10.8. The number of hydrogen-bond acceptors (Lipinski definition) is 5. The van der Waals surface area contributed by atoms with E-state index in [9.17, 15) is 14.9 Å². The molecule has 0 saturated carbocycles. The van der Waals surface area contributed by atoms with E-state index in [4.69, 9.17) is 9.15 Å². The van der Waals surface area contributed by atoms with Gasteiger partial charge in [0.25, 0.3) is 5.69 Å². The van der Waals surface area contributed by atoms with Crippen LogP contribution in [0.4, 0.5) is 5.69 Å². The van der Waals surface area contributed by atoms with Crippen molar-refractivity contribution in [2.24, 2.45) is 0 Å². The number of nitro benzene ring substituents is 1. The number of rotatable bonds is 5. The van der Waals surface area contributed by atoms with Gasteiger partial charge in [-0.05, 0) is 30.7 Å². The van der Waals surface area contributed by atoms with Gasteiger partial charge in [-0.1, -0.05) is 30.3 Å². The van der Waals surface area contributed by atoms with E-state index in [1.54, 1.807) is 31.2 Å². The van der Waals surface area contributed by atoms with Gasteiger partial charge in [0.15, 0.2) is 17.1 Å². The molecule has 0 amide bonds. The summed E-state index contributed by atoms with van der Waals surface area (Å²) in [4.78, 5) is 22.9. The summed E-state index contributed by atoms with van der Waals surface area (Å²) in [7, 11) is 1.53. The van der Waals surface area contributed by atoms with Crippen LogP contribution in [0.15, 0.2) is 53.0 Å². The molecule has 0 aliphatic carbocycles. The Morgan fingerprint density at radius 2 is 2.04 bits per heavy atom. The summed E-state index contributed by atoms with van der Waals surface area (Å²) in [5, 5.41) is 11.7. The van der Waals surface area contributed by atoms with Gasteiger partial charge in [-0.25, -0.2) is 0 Å². The minimum atomic E-state index is -0.444. The number of hydrogen-bond donors (Lipinski definition) is 0. The largest absolute Gasteiger partial charge is 0.493 e. The average molecular weight is 337 g/mol. The van der Waals surface area contributed by atoms with Crippen LogP contribution < -0.4 is 4.74 Å². The fourth-order valence-corrected chi connectivity index (χ4v) is 2.50. The lowest BCUT2D eigenvalue weighted by Crippen LogP contribution is -1.93. The Bertz CT molecular complexity index is 1000. The summed E-state index contributed by atoms with van der Waals surface area (Å²) in [6.07, 6.45) is 2.86. The van der Waals surface area contributed by atoms with Crippen molar-refractivity contribution < 1.29 is 18.9 Å². The Kier molecular flexibility index (Phi) is 4.35. The van der Waals surface area contributed by atoms with Gasteiger partial charge in [-0.15, -0.1) is 0 Å². The molecule has 0 unspecified atom stereocenters. The van der Waals surface area contributed by atoms with Crippen molar-refractivity contribution in [3.05, 3.63) is 75.5 Å². The number of ketones is 1. The van der Waals surface area contributed by atoms with E-state index < -0.39 is 4.92 Å². The van der Waals surface area contributed by atoms with E-state index in [-0.39, 0.29) is 17.2 Å². The van der Waals surface area contributed by atoms with E-state index >= 15 is 0 Å². The van der Waals surface area contributed by atoms with E-state index in [0.29, 0.717) is 22.5 Å². The molecule has 3 rings (SSSR count). The molecule has 0 fully saturated rings. The van der Waals surface area contributed by atoms with Crippen molar-refractivity contribution in [1.29, 1.82) is 0 Å². The Morgan fingerprint density at radius 1 is 1.24 bits per heavy atom. The van der Waals surface area contributed by atoms with Crippen molar-refractivity contribution in [2.75, 3.05) is 7.11 Å². The summed E-state index contributed by atoms with van der Waals surface area (Å²) in [6.45, 7) is 1.67. The number of carbonyl (C=O) groups is 1. The third kappa shape index (κ3) is 3.28. The number of benzene rings is 2. The fraction of sp³-hybridized carbons (Fsp3) is 0.105. The first-order chi connectivity index (χ1) is 12.0. The predicted molar refractivity (Wildman–Crippen MR) is 94.0 cm³/mol. The Balaban J connectivity index is 1.88. The van der Waals surface area contributed by atoms with Crippen LogP contribution in [0.1, 0.15) is 21.7 Å². The standard InChI is InChI=1S/C19H15NO5/c1-12-6-7-13(10-15(12)20(22)23)8-9-16(21)18-11-14-4-3-5-17(24-2)19(14)25-18/h3-11H,1-2H3/b9-8+. The molecule has 25 heavy (non-hydrogen) atoms. The highest BCUT2D eigenvalue weighted by molar-refractivity contribution is 6.07. The monoisotopic (exact) mass is 337 g/mol. The molecule has 126 valence electrons. The molecule has 3 aromatic rings. The molecule has 6 nitrogen and oxygen atoms in total. The van der Waals surface area contributed by atoms with E-state index in [0.717, 1.165) is 5.39 Å². The molecule has 1 aromatic heterocycles. The van der Waals surface area contributed by atoms with Gasteiger partial charge in [0.1, 0.15) is 0 Å². The van der Waals surface area contributed by atoms with Crippen LogP contribution in [0.2, 0.25) is 0 Å². The molecule has 1 heterocycles. The van der Waals surface area contributed by atoms with Crippen molar-refractivity contribution >= 4 is 28.5 Å². The van der Waals surface area contributed by atoms with Gasteiger partial charge in [0.05, 0.1) is 12.0 Å². The number of carbonyl (C=O) groups excluding carboxylic acids is 1. The number of nitro groups is 1. The molecule has 6 heteroatoms. The SMILES string of the molecule is COc1cccc2cc(C(=O)/C=C/c3ccc(C)c([N+](=O)[O-])c3)oc12. The lowest BCUT2D eigenvalue weighted by molar-refractivity contribution is -0.385. The lowest BCUT2D eigenvalue weighted by atomic mass is 10.1. The van der Waals surface area contributed by atoms with Gasteiger partial charge in [-0.2, -0.15) is 0 Å². The maximum atomic E-state index is 12.3. The molecule has 0 atom stereocenters. The smallest absolute Gasteiger partial charge is 0.272 e. The number of ether oxygens (including phenoxy) is 1. The van der Waals surface area contributed by atoms with Gasteiger partial charge >= 0.3 is 0 Å². The number of methoxy groups -OCH3 is 1. The molecular weight excluding hydrogens is 322 g/mol. The molecule has 0 aliphatic rings. The first-order valence-corrected chi connectivity index (χ1v) is 7.53. The molecule has 0 radical (unpaired) electrons. The molecule has 2 aromatic carbocycles. The number of allylic oxidation sites excluding steroid dienone is 1. The number of furan rings is 1. The second-order valence-electron chi connectivity index (χ2n) is 5.49. The van der Waals surface area contributed by atoms with E-state index in [2.05, 4.69) is 0 Å². The Morgan fingerprint density at radius 3 is 2.76 bits per heavy atom. The topological polar surface area (TPSA) is 82.6 Å². The van der Waals surface area contributed by atoms with Gasteiger partial charge < -0.3 is 9.15 Å². The third-order valence-electron chi connectivity index (χ3n) is 3.83. The second-order valence-corrected chi connectivity index (χ2v) is 5.49. The van der Waals surface area contributed by atoms with Crippen LogP contribution in [-0.4, -0.2) is 17.8 Å². The summed E-state index contributed by atoms with van der Waals surface area (Å²) in [5.41, 5.74) is 1.66. The maximum absolute atomic E-state index is 12.3.